The van der Waals surface area contributed by atoms with Crippen molar-refractivity contribution in [3.63, 3.8) is 0 Å². The van der Waals surface area contributed by atoms with Crippen LogP contribution in [0.25, 0.3) is 22.5 Å². The molecule has 0 bridgehead atoms. The highest BCUT2D eigenvalue weighted by Gasteiger charge is 2.39. The first-order valence-corrected chi connectivity index (χ1v) is 19.4. The van der Waals surface area contributed by atoms with E-state index in [0.29, 0.717) is 31.8 Å². The molecule has 5 N–H and O–H groups in total. The highest BCUT2D eigenvalue weighted by atomic mass is 16.5. The molecule has 1 saturated heterocycles. The summed E-state index contributed by atoms with van der Waals surface area (Å²) in [5, 5.41) is 7.99. The summed E-state index contributed by atoms with van der Waals surface area (Å²) in [5.74, 6) is 2.48. The number of hydrogen-bond acceptors (Lipinski definition) is 11. The Morgan fingerprint density at radius 2 is 1.50 bits per heavy atom. The lowest BCUT2D eigenvalue weighted by Gasteiger charge is -2.30. The molecule has 2 aromatic heterocycles. The van der Waals surface area contributed by atoms with Crippen molar-refractivity contribution >= 4 is 24.0 Å². The number of nitrogens with zero attached hydrogens (tertiary/aromatic N) is 3. The first-order chi connectivity index (χ1) is 28.0. The van der Waals surface area contributed by atoms with Crippen molar-refractivity contribution < 1.29 is 42.9 Å². The molecule has 2 aliphatic heterocycles. The summed E-state index contributed by atoms with van der Waals surface area (Å²) in [6.07, 6.45) is 5.54. The van der Waals surface area contributed by atoms with Crippen molar-refractivity contribution in [2.75, 3.05) is 41.5 Å². The van der Waals surface area contributed by atoms with Crippen LogP contribution in [0.15, 0.2) is 48.8 Å². The SMILES string of the molecule is COC(=O)NC(C(=O)NCCCCc1ncc(-c2ccc3c(c2)Oc2ccc(-c4cnc([C@@H]5CCCN5C(=O)[C@@H](NC(=O)OC)[C@@H](C)OC)[nH]4)cc2C3)[nH]1)[C@@H](C)OC. The normalized spacial score (nSPS) is 16.5. The van der Waals surface area contributed by atoms with Gasteiger partial charge in [-0.05, 0) is 74.9 Å². The number of unbranched alkanes of at least 4 members (excludes halogenated alkanes) is 1. The molecule has 0 radical (unpaired) electrons. The Balaban J connectivity index is 1.04. The number of imidazole rings is 2. The van der Waals surface area contributed by atoms with Crippen LogP contribution >= 0.6 is 0 Å². The van der Waals surface area contributed by atoms with Gasteiger partial charge in [-0.2, -0.15) is 0 Å². The van der Waals surface area contributed by atoms with Gasteiger partial charge in [0.2, 0.25) is 11.8 Å². The number of carbonyl (C=O) groups excluding carboxylic acids is 4. The molecule has 0 spiro atoms. The molecular formula is C41H52N8O9. The van der Waals surface area contributed by atoms with Crippen LogP contribution in [-0.4, -0.2) is 115 Å². The number of hydrogen-bond donors (Lipinski definition) is 5. The fourth-order valence-electron chi connectivity index (χ4n) is 7.21. The summed E-state index contributed by atoms with van der Waals surface area (Å²) in [7, 11) is 5.47. The minimum absolute atomic E-state index is 0.253. The van der Waals surface area contributed by atoms with E-state index in [1.54, 1.807) is 24.9 Å². The van der Waals surface area contributed by atoms with Gasteiger partial charge >= 0.3 is 12.2 Å². The van der Waals surface area contributed by atoms with E-state index in [1.165, 1.54) is 28.4 Å². The summed E-state index contributed by atoms with van der Waals surface area (Å²) in [6, 6.07) is 10.2. The number of aromatic amines is 2. The van der Waals surface area contributed by atoms with Crippen molar-refractivity contribution in [3.8, 4) is 34.0 Å². The van der Waals surface area contributed by atoms with Crippen LogP contribution in [0.3, 0.4) is 0 Å². The molecule has 0 aliphatic carbocycles. The summed E-state index contributed by atoms with van der Waals surface area (Å²) >= 11 is 0. The maximum absolute atomic E-state index is 13.7. The molecule has 17 heteroatoms. The molecule has 2 aliphatic rings. The third kappa shape index (κ3) is 9.59. The third-order valence-electron chi connectivity index (χ3n) is 10.7. The van der Waals surface area contributed by atoms with E-state index in [1.807, 2.05) is 24.4 Å². The number of carbonyl (C=O) groups is 4. The highest BCUT2D eigenvalue weighted by molar-refractivity contribution is 5.87. The van der Waals surface area contributed by atoms with Crippen LogP contribution in [0.2, 0.25) is 0 Å². The lowest BCUT2D eigenvalue weighted by atomic mass is 9.96. The molecule has 4 amide bonds. The van der Waals surface area contributed by atoms with Crippen LogP contribution in [0.4, 0.5) is 9.59 Å². The van der Waals surface area contributed by atoms with Crippen LogP contribution < -0.4 is 20.7 Å². The summed E-state index contributed by atoms with van der Waals surface area (Å²) in [6.45, 7) is 4.40. The first kappa shape index (κ1) is 41.7. The number of aryl methyl sites for hydroxylation is 1. The van der Waals surface area contributed by atoms with Crippen LogP contribution in [-0.2, 0) is 41.4 Å². The lowest BCUT2D eigenvalue weighted by molar-refractivity contribution is -0.137. The highest BCUT2D eigenvalue weighted by Crippen LogP contribution is 2.40. The zero-order valence-corrected chi connectivity index (χ0v) is 33.7. The molecule has 1 fully saturated rings. The van der Waals surface area contributed by atoms with E-state index in [0.717, 1.165) is 76.6 Å². The zero-order valence-electron chi connectivity index (χ0n) is 33.7. The number of H-pyrrole nitrogens is 2. The minimum Gasteiger partial charge on any atom is -0.457 e. The van der Waals surface area contributed by atoms with Gasteiger partial charge in [0.15, 0.2) is 0 Å². The van der Waals surface area contributed by atoms with Gasteiger partial charge in [0.05, 0.1) is 56.3 Å². The lowest BCUT2D eigenvalue weighted by Crippen LogP contribution is -2.54. The molecule has 2 aromatic carbocycles. The number of amides is 4. The van der Waals surface area contributed by atoms with Gasteiger partial charge in [-0.25, -0.2) is 19.6 Å². The number of ether oxygens (including phenoxy) is 5. The Bertz CT molecular complexity index is 2080. The number of nitrogens with one attached hydrogen (secondary N) is 5. The summed E-state index contributed by atoms with van der Waals surface area (Å²) in [5.41, 5.74) is 5.70. The molecule has 4 heterocycles. The van der Waals surface area contributed by atoms with Gasteiger partial charge in [-0.1, -0.05) is 12.1 Å². The van der Waals surface area contributed by atoms with E-state index >= 15 is 0 Å². The fourth-order valence-corrected chi connectivity index (χ4v) is 7.21. The standard InChI is InChI=1S/C41H52N8O9/c1-23(54-3)35(47-40(52)56-5)38(50)42-16-8-7-11-34-43-21-29(45-34)26-12-13-27-19-28-18-25(14-15-32(28)58-33(27)20-26)30-22-44-37(46-30)31-10-9-17-49(31)39(51)36(24(2)55-4)48-41(53)57-6/h12-15,18,20-24,31,35-36H,7-11,16-17,19H2,1-6H3,(H,42,50)(H,43,45)(H,44,46)(H,47,52)(H,48,53)/t23-,24-,31+,35?,36+/m1/s1. The second kappa shape index (κ2) is 19.0. The first-order valence-electron chi connectivity index (χ1n) is 19.4. The van der Waals surface area contributed by atoms with Crippen molar-refractivity contribution in [1.29, 1.82) is 0 Å². The molecule has 0 saturated carbocycles. The Labute approximate surface area is 336 Å². The van der Waals surface area contributed by atoms with Gasteiger partial charge in [0, 0.05) is 51.3 Å². The van der Waals surface area contributed by atoms with E-state index in [9.17, 15) is 19.2 Å². The maximum atomic E-state index is 13.7. The topological polar surface area (TPSA) is 211 Å². The van der Waals surface area contributed by atoms with Crippen molar-refractivity contribution in [2.45, 2.75) is 82.7 Å². The Kier molecular flexibility index (Phi) is 13.7. The zero-order chi connectivity index (χ0) is 41.3. The van der Waals surface area contributed by atoms with Gasteiger partial charge < -0.3 is 54.5 Å². The second-order valence-corrected chi connectivity index (χ2v) is 14.4. The van der Waals surface area contributed by atoms with E-state index in [2.05, 4.69) is 58.8 Å². The summed E-state index contributed by atoms with van der Waals surface area (Å²) in [4.78, 5) is 67.8. The van der Waals surface area contributed by atoms with Gasteiger partial charge in [0.25, 0.3) is 0 Å². The van der Waals surface area contributed by atoms with Crippen LogP contribution in [0.5, 0.6) is 11.5 Å². The molecule has 17 nitrogen and oxygen atoms in total. The number of rotatable bonds is 16. The van der Waals surface area contributed by atoms with Gasteiger partial charge in [-0.15, -0.1) is 0 Å². The predicted molar refractivity (Wildman–Crippen MR) is 212 cm³/mol. The van der Waals surface area contributed by atoms with E-state index in [-0.39, 0.29) is 17.9 Å². The van der Waals surface area contributed by atoms with E-state index < -0.39 is 36.5 Å². The number of likely N-dealkylation sites (tertiary alicyclic amines) is 1. The Morgan fingerprint density at radius 3 is 2.24 bits per heavy atom. The van der Waals surface area contributed by atoms with Crippen molar-refractivity contribution in [1.82, 2.24) is 40.8 Å². The molecule has 1 unspecified atom stereocenters. The van der Waals surface area contributed by atoms with Crippen LogP contribution in [0, 0.1) is 0 Å². The largest absolute Gasteiger partial charge is 0.457 e. The molecule has 6 rings (SSSR count). The Morgan fingerprint density at radius 1 is 0.828 bits per heavy atom. The minimum atomic E-state index is -0.904. The van der Waals surface area contributed by atoms with Crippen molar-refractivity contribution in [3.05, 3.63) is 71.6 Å². The fraction of sp³-hybridized carbons (Fsp3) is 0.463. The summed E-state index contributed by atoms with van der Waals surface area (Å²) < 4.78 is 26.4. The number of benzene rings is 2. The predicted octanol–water partition coefficient (Wildman–Crippen LogP) is 4.78. The smallest absolute Gasteiger partial charge is 0.407 e. The maximum Gasteiger partial charge on any atom is 0.407 e. The number of methoxy groups -OCH3 is 4. The van der Waals surface area contributed by atoms with Gasteiger partial charge in [0.1, 0.15) is 35.2 Å². The van der Waals surface area contributed by atoms with E-state index in [4.69, 9.17) is 18.9 Å². The molecule has 5 atom stereocenters. The molecule has 310 valence electrons. The Hall–Kier alpha value is -5.94. The monoisotopic (exact) mass is 800 g/mol. The molecule has 58 heavy (non-hydrogen) atoms. The second-order valence-electron chi connectivity index (χ2n) is 14.4. The third-order valence-corrected chi connectivity index (χ3v) is 10.7. The van der Waals surface area contributed by atoms with Crippen LogP contribution in [0.1, 0.15) is 68.3 Å². The molecular weight excluding hydrogens is 748 g/mol. The molecule has 4 aromatic rings. The number of fused-ring (bicyclic) bond motifs is 2. The van der Waals surface area contributed by atoms with Crippen molar-refractivity contribution in [2.24, 2.45) is 0 Å². The average Bonchev–Trinajstić information content (AvgIpc) is 4.04. The quantitative estimate of drug-likeness (QED) is 0.0857. The number of alkyl carbamates (subject to hydrolysis) is 2. The number of aromatic nitrogens is 4. The average molecular weight is 801 g/mol. The van der Waals surface area contributed by atoms with Gasteiger partial charge in [-0.3, -0.25) is 9.59 Å².